The highest BCUT2D eigenvalue weighted by molar-refractivity contribution is 5.79. The fourth-order valence-electron chi connectivity index (χ4n) is 4.17. The standard InChI is InChI=1S/C21H28F2N4O/c1-15(2)25-8-3-9-27(13-12-25)21(28)16-6-10-26(11-7-16)18-5-4-17(14-24)19(22)20(18)23/h4-5,15-16H,3,6-13H2,1-2H3. The second-order valence-electron chi connectivity index (χ2n) is 7.94. The molecule has 2 heterocycles. The fraction of sp³-hybridized carbons (Fsp3) is 0.619. The predicted octanol–water partition coefficient (Wildman–Crippen LogP) is 3.00. The van der Waals surface area contributed by atoms with Gasteiger partial charge in [-0.1, -0.05) is 0 Å². The Morgan fingerprint density at radius 2 is 1.79 bits per heavy atom. The van der Waals surface area contributed by atoms with E-state index in [4.69, 9.17) is 5.26 Å². The molecule has 1 aromatic rings. The molecule has 0 radical (unpaired) electrons. The molecule has 2 aliphatic heterocycles. The van der Waals surface area contributed by atoms with Crippen LogP contribution in [0.1, 0.15) is 38.7 Å². The van der Waals surface area contributed by atoms with Crippen molar-refractivity contribution in [3.8, 4) is 6.07 Å². The highest BCUT2D eigenvalue weighted by Crippen LogP contribution is 2.29. The van der Waals surface area contributed by atoms with Crippen molar-refractivity contribution in [2.75, 3.05) is 44.2 Å². The van der Waals surface area contributed by atoms with Crippen LogP contribution in [0, 0.1) is 28.9 Å². The summed E-state index contributed by atoms with van der Waals surface area (Å²) in [6.45, 7) is 8.83. The first kappa shape index (κ1) is 20.5. The number of hydrogen-bond acceptors (Lipinski definition) is 4. The van der Waals surface area contributed by atoms with Crippen molar-refractivity contribution in [3.05, 3.63) is 29.3 Å². The maximum atomic E-state index is 14.3. The van der Waals surface area contributed by atoms with Crippen molar-refractivity contribution in [1.82, 2.24) is 9.80 Å². The minimum absolute atomic E-state index is 0.0619. The monoisotopic (exact) mass is 390 g/mol. The van der Waals surface area contributed by atoms with Crippen LogP contribution in [0.4, 0.5) is 14.5 Å². The highest BCUT2D eigenvalue weighted by atomic mass is 19.2. The SMILES string of the molecule is CC(C)N1CCCN(C(=O)C2CCN(c3ccc(C#N)c(F)c3F)CC2)CC1. The minimum Gasteiger partial charge on any atom is -0.369 e. The van der Waals surface area contributed by atoms with Crippen molar-refractivity contribution in [1.29, 1.82) is 5.26 Å². The molecule has 0 aromatic heterocycles. The molecule has 0 atom stereocenters. The third kappa shape index (κ3) is 4.27. The lowest BCUT2D eigenvalue weighted by Crippen LogP contribution is -2.44. The average Bonchev–Trinajstić information content (AvgIpc) is 2.96. The summed E-state index contributed by atoms with van der Waals surface area (Å²) in [6.07, 6.45) is 2.24. The Hall–Kier alpha value is -2.20. The van der Waals surface area contributed by atoms with Gasteiger partial charge in [0.1, 0.15) is 6.07 Å². The summed E-state index contributed by atoms with van der Waals surface area (Å²) in [7, 11) is 0. The van der Waals surface area contributed by atoms with Gasteiger partial charge in [-0.2, -0.15) is 5.26 Å². The topological polar surface area (TPSA) is 50.6 Å². The molecule has 0 N–H and O–H groups in total. The van der Waals surface area contributed by atoms with E-state index >= 15 is 0 Å². The number of nitriles is 1. The largest absolute Gasteiger partial charge is 0.369 e. The van der Waals surface area contributed by atoms with Crippen LogP contribution in [0.2, 0.25) is 0 Å². The van der Waals surface area contributed by atoms with E-state index in [1.807, 2.05) is 4.90 Å². The Labute approximate surface area is 165 Å². The Balaban J connectivity index is 1.59. The smallest absolute Gasteiger partial charge is 0.225 e. The van der Waals surface area contributed by atoms with Gasteiger partial charge in [-0.3, -0.25) is 9.69 Å². The first-order valence-corrected chi connectivity index (χ1v) is 10.1. The molecule has 0 saturated carbocycles. The molecule has 0 spiro atoms. The van der Waals surface area contributed by atoms with Crippen molar-refractivity contribution in [3.63, 3.8) is 0 Å². The molecule has 2 fully saturated rings. The number of carbonyl (C=O) groups is 1. The van der Waals surface area contributed by atoms with E-state index in [1.54, 1.807) is 11.0 Å². The molecule has 5 nitrogen and oxygen atoms in total. The number of benzene rings is 1. The highest BCUT2D eigenvalue weighted by Gasteiger charge is 2.31. The summed E-state index contributed by atoms with van der Waals surface area (Å²) in [5, 5.41) is 8.82. The van der Waals surface area contributed by atoms with Crippen LogP contribution in [0.15, 0.2) is 12.1 Å². The lowest BCUT2D eigenvalue weighted by molar-refractivity contribution is -0.136. The molecule has 152 valence electrons. The zero-order valence-electron chi connectivity index (χ0n) is 16.6. The van der Waals surface area contributed by atoms with E-state index in [-0.39, 0.29) is 23.1 Å². The van der Waals surface area contributed by atoms with Crippen molar-refractivity contribution in [2.24, 2.45) is 5.92 Å². The van der Waals surface area contributed by atoms with Crippen LogP contribution in [0.25, 0.3) is 0 Å². The van der Waals surface area contributed by atoms with Gasteiger partial charge in [0.25, 0.3) is 0 Å². The zero-order chi connectivity index (χ0) is 20.3. The van der Waals surface area contributed by atoms with Gasteiger partial charge in [0.05, 0.1) is 11.3 Å². The van der Waals surface area contributed by atoms with Crippen LogP contribution in [-0.2, 0) is 4.79 Å². The second-order valence-corrected chi connectivity index (χ2v) is 7.94. The first-order valence-electron chi connectivity index (χ1n) is 10.1. The lowest BCUT2D eigenvalue weighted by atomic mass is 9.94. The summed E-state index contributed by atoms with van der Waals surface area (Å²) in [6, 6.07) is 4.90. The van der Waals surface area contributed by atoms with E-state index in [1.165, 1.54) is 12.1 Å². The number of anilines is 1. The van der Waals surface area contributed by atoms with Gasteiger partial charge in [-0.05, 0) is 45.2 Å². The molecule has 0 unspecified atom stereocenters. The van der Waals surface area contributed by atoms with E-state index in [2.05, 4.69) is 18.7 Å². The first-order chi connectivity index (χ1) is 13.4. The second kappa shape index (κ2) is 8.87. The number of amides is 1. The van der Waals surface area contributed by atoms with Crippen LogP contribution in [-0.4, -0.2) is 61.0 Å². The average molecular weight is 390 g/mol. The lowest BCUT2D eigenvalue weighted by Gasteiger charge is -2.35. The number of halogens is 2. The Morgan fingerprint density at radius 1 is 1.07 bits per heavy atom. The van der Waals surface area contributed by atoms with Crippen LogP contribution < -0.4 is 4.90 Å². The van der Waals surface area contributed by atoms with E-state index in [0.717, 1.165) is 32.6 Å². The normalized spacial score (nSPS) is 19.6. The van der Waals surface area contributed by atoms with Gasteiger partial charge in [0.15, 0.2) is 11.6 Å². The number of hydrogen-bond donors (Lipinski definition) is 0. The molecule has 1 aromatic carbocycles. The van der Waals surface area contributed by atoms with Crippen molar-refractivity contribution < 1.29 is 13.6 Å². The minimum atomic E-state index is -1.10. The van der Waals surface area contributed by atoms with Crippen LogP contribution >= 0.6 is 0 Å². The summed E-state index contributed by atoms with van der Waals surface area (Å²) >= 11 is 0. The summed E-state index contributed by atoms with van der Waals surface area (Å²) in [5.41, 5.74) is -0.118. The molecule has 3 rings (SSSR count). The third-order valence-electron chi connectivity index (χ3n) is 5.94. The van der Waals surface area contributed by atoms with Crippen molar-refractivity contribution in [2.45, 2.75) is 39.2 Å². The predicted molar refractivity (Wildman–Crippen MR) is 104 cm³/mol. The number of piperidine rings is 1. The molecular formula is C21H28F2N4O. The third-order valence-corrected chi connectivity index (χ3v) is 5.94. The zero-order valence-corrected chi connectivity index (χ0v) is 16.6. The van der Waals surface area contributed by atoms with E-state index < -0.39 is 11.6 Å². The fourth-order valence-corrected chi connectivity index (χ4v) is 4.17. The Bertz CT molecular complexity index is 754. The van der Waals surface area contributed by atoms with Gasteiger partial charge < -0.3 is 9.80 Å². The maximum absolute atomic E-state index is 14.3. The van der Waals surface area contributed by atoms with Gasteiger partial charge in [-0.15, -0.1) is 0 Å². The summed E-state index contributed by atoms with van der Waals surface area (Å²) < 4.78 is 28.2. The van der Waals surface area contributed by atoms with Gasteiger partial charge in [0.2, 0.25) is 5.91 Å². The van der Waals surface area contributed by atoms with Crippen LogP contribution in [0.5, 0.6) is 0 Å². The van der Waals surface area contributed by atoms with Gasteiger partial charge >= 0.3 is 0 Å². The maximum Gasteiger partial charge on any atom is 0.225 e. The quantitative estimate of drug-likeness (QED) is 0.796. The van der Waals surface area contributed by atoms with E-state index in [0.29, 0.717) is 32.0 Å². The Morgan fingerprint density at radius 3 is 2.43 bits per heavy atom. The van der Waals surface area contributed by atoms with E-state index in [9.17, 15) is 13.6 Å². The number of carbonyl (C=O) groups excluding carboxylic acids is 1. The molecule has 1 amide bonds. The Kier molecular flexibility index (Phi) is 6.50. The van der Waals surface area contributed by atoms with Gasteiger partial charge in [0, 0.05) is 51.2 Å². The van der Waals surface area contributed by atoms with Gasteiger partial charge in [-0.25, -0.2) is 8.78 Å². The molecule has 2 aliphatic rings. The molecule has 7 heteroatoms. The molecule has 2 saturated heterocycles. The van der Waals surface area contributed by atoms with Crippen molar-refractivity contribution >= 4 is 11.6 Å². The summed E-state index contributed by atoms with van der Waals surface area (Å²) in [5.74, 6) is -1.95. The molecule has 0 bridgehead atoms. The summed E-state index contributed by atoms with van der Waals surface area (Å²) in [4.78, 5) is 19.1. The number of nitrogens with zero attached hydrogens (tertiary/aromatic N) is 4. The molecule has 0 aliphatic carbocycles. The molecular weight excluding hydrogens is 362 g/mol. The molecule has 28 heavy (non-hydrogen) atoms. The number of rotatable bonds is 3. The van der Waals surface area contributed by atoms with Crippen LogP contribution in [0.3, 0.4) is 0 Å².